The van der Waals surface area contributed by atoms with Gasteiger partial charge in [0.1, 0.15) is 0 Å². The predicted octanol–water partition coefficient (Wildman–Crippen LogP) is -1.56. The average molecular weight is 199 g/mol. The molecule has 0 aromatic heterocycles. The predicted molar refractivity (Wildman–Crippen MR) is 43.1 cm³/mol. The fraction of sp³-hybridized carbons (Fsp3) is 0.625. The van der Waals surface area contributed by atoms with Crippen molar-refractivity contribution in [3.8, 4) is 0 Å². The van der Waals surface area contributed by atoms with E-state index in [0.29, 0.717) is 6.42 Å². The molecule has 2 nitrogen and oxygen atoms in total. The minimum Gasteiger partial charge on any atom is -0.550 e. The second-order valence-corrected chi connectivity index (χ2v) is 2.75. The van der Waals surface area contributed by atoms with Crippen LogP contribution in [0, 0.1) is 0 Å². The molecule has 0 aliphatic heterocycles. The molecule has 0 fully saturated rings. The third-order valence-electron chi connectivity index (χ3n) is 1.29. The van der Waals surface area contributed by atoms with Crippen molar-refractivity contribution in [2.75, 3.05) is 0 Å². The number of carboxylic acids is 1. The molecule has 0 bridgehead atoms. The van der Waals surface area contributed by atoms with Crippen molar-refractivity contribution in [3.63, 3.8) is 0 Å². The van der Waals surface area contributed by atoms with E-state index in [9.17, 15) is 9.90 Å². The van der Waals surface area contributed by atoms with Gasteiger partial charge in [0.2, 0.25) is 0 Å². The largest absolute Gasteiger partial charge is 1.00 e. The number of carboxylic acid groups (broad SMARTS) is 1. The van der Waals surface area contributed by atoms with Gasteiger partial charge in [0.05, 0.1) is 0 Å². The molecule has 4 heteroatoms. The molecule has 0 saturated carbocycles. The van der Waals surface area contributed by atoms with Crippen molar-refractivity contribution in [3.05, 3.63) is 11.1 Å². The number of unbranched alkanes of at least 4 members (excludes halogenated alkanes) is 1. The van der Waals surface area contributed by atoms with Crippen molar-refractivity contribution in [1.82, 2.24) is 0 Å². The molecule has 0 aromatic rings. The van der Waals surface area contributed by atoms with Gasteiger partial charge < -0.3 is 9.90 Å². The average Bonchev–Trinajstić information content (AvgIpc) is 1.97. The number of halogens is 1. The molecule has 0 spiro atoms. The number of allylic oxidation sites excluding steroid dienone is 2. The van der Waals surface area contributed by atoms with E-state index in [1.807, 2.05) is 13.0 Å². The molecule has 0 saturated heterocycles. The van der Waals surface area contributed by atoms with E-state index in [-0.39, 0.29) is 36.0 Å². The normalized spacial score (nSPS) is 10.7. The smallest absolute Gasteiger partial charge is 0.550 e. The second-order valence-electron chi connectivity index (χ2n) is 2.27. The molecular formula is C8H12ClNaO2. The van der Waals surface area contributed by atoms with Crippen LogP contribution in [0.15, 0.2) is 11.1 Å². The van der Waals surface area contributed by atoms with E-state index in [0.717, 1.165) is 17.9 Å². The monoisotopic (exact) mass is 198 g/mol. The van der Waals surface area contributed by atoms with E-state index in [1.54, 1.807) is 0 Å². The van der Waals surface area contributed by atoms with Crippen LogP contribution in [-0.4, -0.2) is 5.97 Å². The van der Waals surface area contributed by atoms with Gasteiger partial charge in [-0.05, 0) is 25.7 Å². The first-order valence-electron chi connectivity index (χ1n) is 3.71. The first kappa shape index (κ1) is 15.0. The number of aliphatic carboxylic acids is 1. The molecule has 0 aliphatic carbocycles. The zero-order valence-corrected chi connectivity index (χ0v) is 10.4. The Hall–Kier alpha value is 0.500. The summed E-state index contributed by atoms with van der Waals surface area (Å²) in [6.07, 6.45) is 4.11. The molecule has 0 amide bonds. The van der Waals surface area contributed by atoms with E-state index in [1.165, 1.54) is 0 Å². The molecule has 0 aromatic carbocycles. The molecule has 0 rings (SSSR count). The Morgan fingerprint density at radius 3 is 2.58 bits per heavy atom. The number of carbonyl (C=O) groups excluding carboxylic acids is 1. The maximum absolute atomic E-state index is 9.95. The van der Waals surface area contributed by atoms with E-state index in [4.69, 9.17) is 11.6 Å². The van der Waals surface area contributed by atoms with Gasteiger partial charge in [0.25, 0.3) is 0 Å². The SMILES string of the molecule is CC/C(Cl)=C/CCCC(=O)[O-].[Na+]. The molecule has 0 unspecified atom stereocenters. The van der Waals surface area contributed by atoms with Crippen LogP contribution in [0.25, 0.3) is 0 Å². The van der Waals surface area contributed by atoms with Crippen molar-refractivity contribution in [2.45, 2.75) is 32.6 Å². The van der Waals surface area contributed by atoms with Crippen molar-refractivity contribution in [2.24, 2.45) is 0 Å². The molecule has 0 N–H and O–H groups in total. The number of hydrogen-bond acceptors (Lipinski definition) is 2. The van der Waals surface area contributed by atoms with Crippen LogP contribution < -0.4 is 34.7 Å². The maximum atomic E-state index is 9.95. The Morgan fingerprint density at radius 1 is 1.58 bits per heavy atom. The topological polar surface area (TPSA) is 40.1 Å². The number of hydrogen-bond donors (Lipinski definition) is 0. The summed E-state index contributed by atoms with van der Waals surface area (Å²) in [5.74, 6) is -0.994. The van der Waals surface area contributed by atoms with Crippen LogP contribution in [0.4, 0.5) is 0 Å². The zero-order valence-electron chi connectivity index (χ0n) is 7.60. The Balaban J connectivity index is 0. The van der Waals surface area contributed by atoms with Crippen LogP contribution in [0.3, 0.4) is 0 Å². The molecule has 0 radical (unpaired) electrons. The van der Waals surface area contributed by atoms with E-state index < -0.39 is 5.97 Å². The van der Waals surface area contributed by atoms with Crippen LogP contribution in [0.5, 0.6) is 0 Å². The maximum Gasteiger partial charge on any atom is 1.00 e. The molecule has 0 heterocycles. The Bertz CT molecular complexity index is 157. The molecule has 0 aliphatic rings. The zero-order chi connectivity index (χ0) is 8.69. The van der Waals surface area contributed by atoms with Crippen molar-refractivity contribution in [1.29, 1.82) is 0 Å². The number of carbonyl (C=O) groups is 1. The third-order valence-corrected chi connectivity index (χ3v) is 1.71. The summed E-state index contributed by atoms with van der Waals surface area (Å²) in [7, 11) is 0. The van der Waals surface area contributed by atoms with Gasteiger partial charge in [-0.1, -0.05) is 24.6 Å². The van der Waals surface area contributed by atoms with Crippen molar-refractivity contribution >= 4 is 17.6 Å². The van der Waals surface area contributed by atoms with Crippen LogP contribution >= 0.6 is 11.6 Å². The summed E-state index contributed by atoms with van der Waals surface area (Å²) in [5, 5.41) is 10.7. The minimum atomic E-state index is -0.994. The van der Waals surface area contributed by atoms with Crippen LogP contribution in [0.2, 0.25) is 0 Å². The van der Waals surface area contributed by atoms with Gasteiger partial charge in [-0.2, -0.15) is 0 Å². The summed E-state index contributed by atoms with van der Waals surface area (Å²) in [5.41, 5.74) is 0. The first-order chi connectivity index (χ1) is 5.16. The minimum absolute atomic E-state index is 0. The van der Waals surface area contributed by atoms with Crippen molar-refractivity contribution < 1.29 is 39.5 Å². The first-order valence-corrected chi connectivity index (χ1v) is 4.09. The summed E-state index contributed by atoms with van der Waals surface area (Å²) >= 11 is 5.68. The standard InChI is InChI=1S/C8H13ClO2.Na/c1-2-7(9)5-3-4-6-8(10)11;/h5H,2-4,6H2,1H3,(H,10,11);/q;+1/p-1/b7-5-;. The summed E-state index contributed by atoms with van der Waals surface area (Å²) < 4.78 is 0. The summed E-state index contributed by atoms with van der Waals surface area (Å²) in [4.78, 5) is 9.95. The molecule has 64 valence electrons. The van der Waals surface area contributed by atoms with E-state index in [2.05, 4.69) is 0 Å². The van der Waals surface area contributed by atoms with Gasteiger partial charge >= 0.3 is 29.6 Å². The summed E-state index contributed by atoms with van der Waals surface area (Å²) in [6, 6.07) is 0. The van der Waals surface area contributed by atoms with Gasteiger partial charge in [0.15, 0.2) is 0 Å². The van der Waals surface area contributed by atoms with Gasteiger partial charge in [0, 0.05) is 11.0 Å². The van der Waals surface area contributed by atoms with Gasteiger partial charge in [-0.15, -0.1) is 0 Å². The van der Waals surface area contributed by atoms with Crippen LogP contribution in [0.1, 0.15) is 32.6 Å². The quantitative estimate of drug-likeness (QED) is 0.396. The Morgan fingerprint density at radius 2 is 2.17 bits per heavy atom. The third kappa shape index (κ3) is 10.5. The number of rotatable bonds is 5. The van der Waals surface area contributed by atoms with Gasteiger partial charge in [-0.25, -0.2) is 0 Å². The Labute approximate surface area is 100 Å². The van der Waals surface area contributed by atoms with Crippen LogP contribution in [-0.2, 0) is 4.79 Å². The second kappa shape index (κ2) is 9.59. The van der Waals surface area contributed by atoms with Gasteiger partial charge in [-0.3, -0.25) is 0 Å². The molecular weight excluding hydrogens is 187 g/mol. The summed E-state index contributed by atoms with van der Waals surface area (Å²) in [6.45, 7) is 1.96. The fourth-order valence-electron chi connectivity index (χ4n) is 0.649. The van der Waals surface area contributed by atoms with E-state index >= 15 is 0 Å². The fourth-order valence-corrected chi connectivity index (χ4v) is 0.759. The Kier molecular flexibility index (Phi) is 12.0. The molecule has 12 heavy (non-hydrogen) atoms. The molecule has 0 atom stereocenters.